The van der Waals surface area contributed by atoms with E-state index in [2.05, 4.69) is 5.10 Å². The maximum atomic E-state index is 9.58. The Labute approximate surface area is 84.9 Å². The molecule has 1 unspecified atom stereocenters. The van der Waals surface area contributed by atoms with E-state index in [1.54, 1.807) is 11.5 Å². The van der Waals surface area contributed by atoms with E-state index >= 15 is 0 Å². The zero-order valence-electron chi connectivity index (χ0n) is 7.71. The fourth-order valence-corrected chi connectivity index (χ4v) is 2.46. The Morgan fingerprint density at radius 3 is 2.86 bits per heavy atom. The molecule has 5 heteroatoms. The van der Waals surface area contributed by atoms with E-state index in [1.807, 2.05) is 24.3 Å². The van der Waals surface area contributed by atoms with Gasteiger partial charge in [-0.25, -0.2) is 0 Å². The summed E-state index contributed by atoms with van der Waals surface area (Å²) in [4.78, 5) is 0.626. The number of aliphatic hydroxyl groups excluding tert-OH is 1. The molecule has 1 heterocycles. The van der Waals surface area contributed by atoms with Crippen molar-refractivity contribution in [1.29, 1.82) is 0 Å². The van der Waals surface area contributed by atoms with E-state index < -0.39 is 6.23 Å². The normalized spacial score (nSPS) is 14.9. The second-order valence-corrected chi connectivity index (χ2v) is 3.99. The van der Waals surface area contributed by atoms with Gasteiger partial charge in [-0.05, 0) is 19.1 Å². The van der Waals surface area contributed by atoms with Gasteiger partial charge in [0.1, 0.15) is 6.23 Å². The van der Waals surface area contributed by atoms with Crippen LogP contribution in [0.15, 0.2) is 29.4 Å². The fourth-order valence-electron chi connectivity index (χ4n) is 1.44. The second-order valence-electron chi connectivity index (χ2n) is 2.98. The highest BCUT2D eigenvalue weighted by molar-refractivity contribution is 7.16. The first-order valence-electron chi connectivity index (χ1n) is 4.26. The first kappa shape index (κ1) is 9.23. The molecule has 0 aliphatic heterocycles. The molecule has 1 aromatic heterocycles. The lowest BCUT2D eigenvalue weighted by atomic mass is 10.3. The minimum absolute atomic E-state index is 0.617. The summed E-state index contributed by atoms with van der Waals surface area (Å²) in [5, 5.41) is 13.2. The van der Waals surface area contributed by atoms with E-state index in [1.165, 1.54) is 11.3 Å². The Bertz CT molecular complexity index is 512. The summed E-state index contributed by atoms with van der Waals surface area (Å²) in [7, 11) is 0. The van der Waals surface area contributed by atoms with E-state index in [-0.39, 0.29) is 0 Å². The zero-order chi connectivity index (χ0) is 10.1. The molecule has 14 heavy (non-hydrogen) atoms. The van der Waals surface area contributed by atoms with Crippen LogP contribution in [0.2, 0.25) is 0 Å². The second kappa shape index (κ2) is 3.43. The predicted octanol–water partition coefficient (Wildman–Crippen LogP) is 0.988. The molecule has 4 nitrogen and oxygen atoms in total. The third-order valence-corrected chi connectivity index (χ3v) is 3.07. The molecule has 3 N–H and O–H groups in total. The van der Waals surface area contributed by atoms with Crippen molar-refractivity contribution in [3.05, 3.63) is 29.1 Å². The van der Waals surface area contributed by atoms with Gasteiger partial charge in [0.25, 0.3) is 0 Å². The van der Waals surface area contributed by atoms with Gasteiger partial charge in [-0.3, -0.25) is 4.57 Å². The van der Waals surface area contributed by atoms with Crippen LogP contribution in [-0.2, 0) is 0 Å². The Hall–Kier alpha value is -1.33. The summed E-state index contributed by atoms with van der Waals surface area (Å²) in [6, 6.07) is 7.79. The predicted molar refractivity (Wildman–Crippen MR) is 56.5 cm³/mol. The fraction of sp³-hybridized carbons (Fsp3) is 0.222. The third kappa shape index (κ3) is 1.30. The van der Waals surface area contributed by atoms with Crippen LogP contribution < -0.4 is 10.6 Å². The van der Waals surface area contributed by atoms with E-state index in [9.17, 15) is 5.11 Å². The molecule has 0 aliphatic rings. The number of hydrogen-bond acceptors (Lipinski definition) is 4. The van der Waals surface area contributed by atoms with Crippen molar-refractivity contribution >= 4 is 21.6 Å². The quantitative estimate of drug-likeness (QED) is 0.543. The SMILES string of the molecule is CC(O)n1/c(=N/N)sc2ccccc21. The van der Waals surface area contributed by atoms with Crippen molar-refractivity contribution in [1.82, 2.24) is 4.57 Å². The highest BCUT2D eigenvalue weighted by Crippen LogP contribution is 2.18. The Kier molecular flexibility index (Phi) is 2.26. The van der Waals surface area contributed by atoms with Crippen molar-refractivity contribution in [2.75, 3.05) is 0 Å². The number of hydrogen-bond donors (Lipinski definition) is 2. The number of aromatic nitrogens is 1. The molecule has 0 bridgehead atoms. The number of para-hydroxylation sites is 1. The summed E-state index contributed by atoms with van der Waals surface area (Å²) < 4.78 is 2.78. The summed E-state index contributed by atoms with van der Waals surface area (Å²) in [5.74, 6) is 5.26. The van der Waals surface area contributed by atoms with Gasteiger partial charge in [-0.2, -0.15) is 5.10 Å². The number of rotatable bonds is 1. The summed E-state index contributed by atoms with van der Waals surface area (Å²) in [6.45, 7) is 1.69. The number of nitrogens with zero attached hydrogens (tertiary/aromatic N) is 2. The summed E-state index contributed by atoms with van der Waals surface area (Å²) in [6.07, 6.45) is -0.617. The molecule has 1 aromatic carbocycles. The molecular formula is C9H11N3OS. The maximum absolute atomic E-state index is 9.58. The highest BCUT2D eigenvalue weighted by atomic mass is 32.1. The van der Waals surface area contributed by atoms with Crippen molar-refractivity contribution < 1.29 is 5.11 Å². The van der Waals surface area contributed by atoms with Gasteiger partial charge in [0, 0.05) is 0 Å². The van der Waals surface area contributed by atoms with Crippen LogP contribution in [0.1, 0.15) is 13.2 Å². The lowest BCUT2D eigenvalue weighted by Gasteiger charge is -2.06. The molecule has 1 atom stereocenters. The number of nitrogens with two attached hydrogens (primary N) is 1. The molecule has 2 aromatic rings. The molecule has 0 saturated carbocycles. The van der Waals surface area contributed by atoms with Crippen LogP contribution in [0.25, 0.3) is 10.2 Å². The van der Waals surface area contributed by atoms with Gasteiger partial charge in [-0.1, -0.05) is 23.5 Å². The van der Waals surface area contributed by atoms with Crippen LogP contribution in [0.4, 0.5) is 0 Å². The third-order valence-electron chi connectivity index (χ3n) is 2.02. The summed E-state index contributed by atoms with van der Waals surface area (Å²) >= 11 is 1.46. The highest BCUT2D eigenvalue weighted by Gasteiger charge is 2.08. The van der Waals surface area contributed by atoms with E-state index in [4.69, 9.17) is 5.84 Å². The van der Waals surface area contributed by atoms with E-state index in [0.29, 0.717) is 4.80 Å². The maximum Gasteiger partial charge on any atom is 0.210 e. The molecule has 0 radical (unpaired) electrons. The average molecular weight is 209 g/mol. The number of fused-ring (bicyclic) bond motifs is 1. The largest absolute Gasteiger partial charge is 0.373 e. The molecule has 0 fully saturated rings. The van der Waals surface area contributed by atoms with Crippen LogP contribution >= 0.6 is 11.3 Å². The van der Waals surface area contributed by atoms with Gasteiger partial charge in [0.15, 0.2) is 0 Å². The number of benzene rings is 1. The number of aliphatic hydroxyl groups is 1. The van der Waals surface area contributed by atoms with Crippen molar-refractivity contribution in [2.24, 2.45) is 10.9 Å². The summed E-state index contributed by atoms with van der Waals surface area (Å²) in [5.41, 5.74) is 0.955. The van der Waals surface area contributed by atoms with Gasteiger partial charge in [0.05, 0.1) is 10.2 Å². The van der Waals surface area contributed by atoms with Crippen molar-refractivity contribution in [3.8, 4) is 0 Å². The molecule has 0 saturated heterocycles. The van der Waals surface area contributed by atoms with Gasteiger partial charge in [0.2, 0.25) is 4.80 Å². The molecule has 2 rings (SSSR count). The lowest BCUT2D eigenvalue weighted by molar-refractivity contribution is 0.126. The van der Waals surface area contributed by atoms with Crippen LogP contribution in [0.5, 0.6) is 0 Å². The molecule has 74 valence electrons. The molecule has 0 amide bonds. The first-order chi connectivity index (χ1) is 6.74. The first-order valence-corrected chi connectivity index (χ1v) is 5.07. The minimum Gasteiger partial charge on any atom is -0.373 e. The van der Waals surface area contributed by atoms with Gasteiger partial charge >= 0.3 is 0 Å². The smallest absolute Gasteiger partial charge is 0.210 e. The topological polar surface area (TPSA) is 63.5 Å². The average Bonchev–Trinajstić information content (AvgIpc) is 2.55. The van der Waals surface area contributed by atoms with Crippen molar-refractivity contribution in [2.45, 2.75) is 13.2 Å². The Morgan fingerprint density at radius 2 is 2.21 bits per heavy atom. The molecule has 0 spiro atoms. The van der Waals surface area contributed by atoms with Gasteiger partial charge < -0.3 is 10.9 Å². The van der Waals surface area contributed by atoms with E-state index in [0.717, 1.165) is 10.2 Å². The minimum atomic E-state index is -0.617. The zero-order valence-corrected chi connectivity index (χ0v) is 8.53. The number of thiazole rings is 1. The lowest BCUT2D eigenvalue weighted by Crippen LogP contribution is -2.19. The van der Waals surface area contributed by atoms with Crippen LogP contribution in [-0.4, -0.2) is 9.67 Å². The Balaban J connectivity index is 2.89. The Morgan fingerprint density at radius 1 is 1.50 bits per heavy atom. The standard InChI is InChI=1S/C9H11N3OS/c1-6(13)12-7-4-2-3-5-8(7)14-9(12)11-10/h2-6,13H,10H2,1H3/b11-9-. The molecule has 0 aliphatic carbocycles. The van der Waals surface area contributed by atoms with Crippen LogP contribution in [0, 0.1) is 0 Å². The van der Waals surface area contributed by atoms with Gasteiger partial charge in [-0.15, -0.1) is 0 Å². The molecular weight excluding hydrogens is 198 g/mol. The van der Waals surface area contributed by atoms with Crippen LogP contribution in [0.3, 0.4) is 0 Å². The monoisotopic (exact) mass is 209 g/mol. The van der Waals surface area contributed by atoms with Crippen molar-refractivity contribution in [3.63, 3.8) is 0 Å².